The van der Waals surface area contributed by atoms with Crippen molar-refractivity contribution in [2.45, 2.75) is 13.8 Å². The van der Waals surface area contributed by atoms with E-state index in [0.29, 0.717) is 36.9 Å². The summed E-state index contributed by atoms with van der Waals surface area (Å²) in [7, 11) is 0. The summed E-state index contributed by atoms with van der Waals surface area (Å²) in [6, 6.07) is 5.03. The molecule has 23 heavy (non-hydrogen) atoms. The summed E-state index contributed by atoms with van der Waals surface area (Å²) < 4.78 is 10.8. The van der Waals surface area contributed by atoms with Gasteiger partial charge >= 0.3 is 11.8 Å². The molecule has 1 aromatic carbocycles. The standard InChI is InChI=1S/C16H23N3O4/c1-3-19(4-2)8-7-17-15(20)16(21)18-12-5-6-13-14(11-12)23-10-9-22-13/h5-6,11H,3-4,7-10H2,1-2H3,(H,17,20)(H,18,21). The number of carbonyl (C=O) groups excluding carboxylic acids is 2. The molecule has 0 unspecified atom stereocenters. The Balaban J connectivity index is 1.82. The predicted octanol–water partition coefficient (Wildman–Crippen LogP) is 0.854. The van der Waals surface area contributed by atoms with Crippen LogP contribution in [-0.4, -0.2) is 56.1 Å². The molecule has 2 N–H and O–H groups in total. The Morgan fingerprint density at radius 1 is 1.09 bits per heavy atom. The molecule has 0 saturated carbocycles. The van der Waals surface area contributed by atoms with E-state index in [1.54, 1.807) is 18.2 Å². The molecule has 1 aliphatic heterocycles. The number of likely N-dealkylation sites (N-methyl/N-ethyl adjacent to an activating group) is 1. The van der Waals surface area contributed by atoms with Gasteiger partial charge in [-0.05, 0) is 25.2 Å². The van der Waals surface area contributed by atoms with Crippen LogP contribution in [-0.2, 0) is 9.59 Å². The van der Waals surface area contributed by atoms with Crippen LogP contribution >= 0.6 is 0 Å². The molecule has 0 fully saturated rings. The molecule has 0 bridgehead atoms. The zero-order valence-electron chi connectivity index (χ0n) is 13.6. The number of hydrogen-bond acceptors (Lipinski definition) is 5. The van der Waals surface area contributed by atoms with Crippen LogP contribution in [0.15, 0.2) is 18.2 Å². The van der Waals surface area contributed by atoms with E-state index in [9.17, 15) is 9.59 Å². The first kappa shape index (κ1) is 17.1. The Morgan fingerprint density at radius 3 is 2.48 bits per heavy atom. The minimum Gasteiger partial charge on any atom is -0.486 e. The topological polar surface area (TPSA) is 79.9 Å². The number of anilines is 1. The average molecular weight is 321 g/mol. The van der Waals surface area contributed by atoms with Gasteiger partial charge in [0.1, 0.15) is 13.2 Å². The van der Waals surface area contributed by atoms with Gasteiger partial charge in [0.2, 0.25) is 0 Å². The SMILES string of the molecule is CCN(CC)CCNC(=O)C(=O)Nc1ccc2c(c1)OCCO2. The van der Waals surface area contributed by atoms with Crippen LogP contribution in [0.25, 0.3) is 0 Å². The van der Waals surface area contributed by atoms with Crippen molar-refractivity contribution >= 4 is 17.5 Å². The second-order valence-corrected chi connectivity index (χ2v) is 5.10. The van der Waals surface area contributed by atoms with E-state index < -0.39 is 11.8 Å². The van der Waals surface area contributed by atoms with E-state index in [1.807, 2.05) is 0 Å². The quantitative estimate of drug-likeness (QED) is 0.760. The van der Waals surface area contributed by atoms with E-state index in [1.165, 1.54) is 0 Å². The van der Waals surface area contributed by atoms with E-state index in [-0.39, 0.29) is 0 Å². The molecule has 126 valence electrons. The zero-order valence-corrected chi connectivity index (χ0v) is 13.6. The van der Waals surface area contributed by atoms with Crippen molar-refractivity contribution in [3.63, 3.8) is 0 Å². The van der Waals surface area contributed by atoms with Crippen molar-refractivity contribution in [2.24, 2.45) is 0 Å². The van der Waals surface area contributed by atoms with Gasteiger partial charge in [-0.15, -0.1) is 0 Å². The molecule has 0 radical (unpaired) electrons. The van der Waals surface area contributed by atoms with E-state index in [0.717, 1.165) is 19.6 Å². The van der Waals surface area contributed by atoms with Gasteiger partial charge in [-0.3, -0.25) is 9.59 Å². The summed E-state index contributed by atoms with van der Waals surface area (Å²) in [5.74, 6) is -0.137. The van der Waals surface area contributed by atoms with E-state index in [4.69, 9.17) is 9.47 Å². The zero-order chi connectivity index (χ0) is 16.7. The molecule has 0 atom stereocenters. The lowest BCUT2D eigenvalue weighted by Gasteiger charge is -2.19. The van der Waals surface area contributed by atoms with Gasteiger partial charge in [-0.2, -0.15) is 0 Å². The second kappa shape index (κ2) is 8.38. The summed E-state index contributed by atoms with van der Waals surface area (Å²) in [6.07, 6.45) is 0. The largest absolute Gasteiger partial charge is 0.486 e. The molecule has 2 amide bonds. The fourth-order valence-corrected chi connectivity index (χ4v) is 2.26. The second-order valence-electron chi connectivity index (χ2n) is 5.10. The molecule has 1 aliphatic rings. The third kappa shape index (κ3) is 4.85. The summed E-state index contributed by atoms with van der Waals surface area (Å²) >= 11 is 0. The predicted molar refractivity (Wildman–Crippen MR) is 86.9 cm³/mol. The Bertz CT molecular complexity index is 558. The molecule has 1 heterocycles. The van der Waals surface area contributed by atoms with Gasteiger partial charge in [0.05, 0.1) is 0 Å². The molecule has 0 aromatic heterocycles. The Morgan fingerprint density at radius 2 is 1.78 bits per heavy atom. The van der Waals surface area contributed by atoms with Gasteiger partial charge in [0, 0.05) is 24.8 Å². The van der Waals surface area contributed by atoms with Crippen molar-refractivity contribution in [3.8, 4) is 11.5 Å². The number of benzene rings is 1. The van der Waals surface area contributed by atoms with Gasteiger partial charge in [0.15, 0.2) is 11.5 Å². The maximum Gasteiger partial charge on any atom is 0.313 e. The Labute approximate surface area is 135 Å². The van der Waals surface area contributed by atoms with Crippen molar-refractivity contribution < 1.29 is 19.1 Å². The number of hydrogen-bond donors (Lipinski definition) is 2. The van der Waals surface area contributed by atoms with E-state index >= 15 is 0 Å². The molecular formula is C16H23N3O4. The molecule has 7 nitrogen and oxygen atoms in total. The fourth-order valence-electron chi connectivity index (χ4n) is 2.26. The number of rotatable bonds is 6. The molecule has 0 saturated heterocycles. The fraction of sp³-hybridized carbons (Fsp3) is 0.500. The van der Waals surface area contributed by atoms with Gasteiger partial charge in [-0.1, -0.05) is 13.8 Å². The minimum atomic E-state index is -0.693. The highest BCUT2D eigenvalue weighted by molar-refractivity contribution is 6.39. The summed E-state index contributed by atoms with van der Waals surface area (Å²) in [4.78, 5) is 25.8. The Kier molecular flexibility index (Phi) is 6.22. The number of nitrogens with one attached hydrogen (secondary N) is 2. The van der Waals surface area contributed by atoms with Gasteiger partial charge in [0.25, 0.3) is 0 Å². The third-order valence-electron chi connectivity index (χ3n) is 3.61. The summed E-state index contributed by atoms with van der Waals surface area (Å²) in [5, 5.41) is 5.17. The highest BCUT2D eigenvalue weighted by Crippen LogP contribution is 2.32. The lowest BCUT2D eigenvalue weighted by atomic mass is 10.2. The normalized spacial score (nSPS) is 12.8. The highest BCUT2D eigenvalue weighted by atomic mass is 16.6. The maximum atomic E-state index is 11.9. The lowest BCUT2D eigenvalue weighted by molar-refractivity contribution is -0.136. The molecule has 7 heteroatoms. The smallest absolute Gasteiger partial charge is 0.313 e. The third-order valence-corrected chi connectivity index (χ3v) is 3.61. The highest BCUT2D eigenvalue weighted by Gasteiger charge is 2.16. The number of amides is 2. The van der Waals surface area contributed by atoms with Crippen LogP contribution in [0.4, 0.5) is 5.69 Å². The van der Waals surface area contributed by atoms with Crippen molar-refractivity contribution in [1.82, 2.24) is 10.2 Å². The summed E-state index contributed by atoms with van der Waals surface area (Å²) in [5.41, 5.74) is 0.498. The molecule has 2 rings (SSSR count). The number of ether oxygens (including phenoxy) is 2. The average Bonchev–Trinajstić information content (AvgIpc) is 2.58. The number of carbonyl (C=O) groups is 2. The molecule has 0 spiro atoms. The van der Waals surface area contributed by atoms with Crippen LogP contribution in [0.3, 0.4) is 0 Å². The van der Waals surface area contributed by atoms with Gasteiger partial charge < -0.3 is 25.0 Å². The lowest BCUT2D eigenvalue weighted by Crippen LogP contribution is -2.40. The van der Waals surface area contributed by atoms with Crippen LogP contribution in [0.2, 0.25) is 0 Å². The van der Waals surface area contributed by atoms with Crippen molar-refractivity contribution in [2.75, 3.05) is 44.7 Å². The van der Waals surface area contributed by atoms with Gasteiger partial charge in [-0.25, -0.2) is 0 Å². The first-order valence-corrected chi connectivity index (χ1v) is 7.85. The summed E-state index contributed by atoms with van der Waals surface area (Å²) in [6.45, 7) is 8.07. The maximum absolute atomic E-state index is 11.9. The number of fused-ring (bicyclic) bond motifs is 1. The minimum absolute atomic E-state index is 0.440. The first-order valence-electron chi connectivity index (χ1n) is 7.85. The Hall–Kier alpha value is -2.28. The first-order chi connectivity index (χ1) is 11.1. The molecule has 0 aliphatic carbocycles. The van der Waals surface area contributed by atoms with Crippen LogP contribution in [0, 0.1) is 0 Å². The van der Waals surface area contributed by atoms with Crippen molar-refractivity contribution in [3.05, 3.63) is 18.2 Å². The number of nitrogens with zero attached hydrogens (tertiary/aromatic N) is 1. The van der Waals surface area contributed by atoms with Crippen molar-refractivity contribution in [1.29, 1.82) is 0 Å². The van der Waals surface area contributed by atoms with Crippen LogP contribution < -0.4 is 20.1 Å². The van der Waals surface area contributed by atoms with E-state index in [2.05, 4.69) is 29.4 Å². The molecular weight excluding hydrogens is 298 g/mol. The molecule has 1 aromatic rings. The monoisotopic (exact) mass is 321 g/mol. The van der Waals surface area contributed by atoms with Crippen LogP contribution in [0.1, 0.15) is 13.8 Å². The van der Waals surface area contributed by atoms with Crippen LogP contribution in [0.5, 0.6) is 11.5 Å².